The molecule has 0 aromatic heterocycles. The molecule has 0 bridgehead atoms. The quantitative estimate of drug-likeness (QED) is 0.650. The van der Waals surface area contributed by atoms with Crippen LogP contribution in [0.5, 0.6) is 5.75 Å². The Balaban J connectivity index is 1.79. The zero-order valence-electron chi connectivity index (χ0n) is 14.8. The number of phenols is 1. The van der Waals surface area contributed by atoms with E-state index in [0.29, 0.717) is 12.1 Å². The summed E-state index contributed by atoms with van der Waals surface area (Å²) in [6.45, 7) is 0.671. The Morgan fingerprint density at radius 3 is 2.11 bits per heavy atom. The van der Waals surface area contributed by atoms with Crippen LogP contribution >= 0.6 is 0 Å². The number of carboxylic acids is 1. The lowest BCUT2D eigenvalue weighted by atomic mass is 10.0. The van der Waals surface area contributed by atoms with Gasteiger partial charge in [-0.15, -0.1) is 0 Å². The average Bonchev–Trinajstić information content (AvgIpc) is 2.68. The Morgan fingerprint density at radius 2 is 1.52 bits per heavy atom. The molecule has 27 heavy (non-hydrogen) atoms. The number of ketones is 1. The summed E-state index contributed by atoms with van der Waals surface area (Å²) in [6.07, 6.45) is 0. The van der Waals surface area contributed by atoms with Gasteiger partial charge in [-0.05, 0) is 29.8 Å². The van der Waals surface area contributed by atoms with Gasteiger partial charge in [0.15, 0.2) is 5.78 Å². The first-order chi connectivity index (χ1) is 13.0. The number of hydrogen-bond donors (Lipinski definition) is 2. The molecule has 0 amide bonds. The number of anilines is 1. The van der Waals surface area contributed by atoms with Gasteiger partial charge in [0.2, 0.25) is 0 Å². The van der Waals surface area contributed by atoms with Crippen LogP contribution in [-0.4, -0.2) is 29.0 Å². The minimum Gasteiger partial charge on any atom is -0.507 e. The number of aromatic carboxylic acids is 1. The second-order valence-electron chi connectivity index (χ2n) is 6.25. The number of benzene rings is 3. The van der Waals surface area contributed by atoms with E-state index in [-0.39, 0.29) is 22.7 Å². The van der Waals surface area contributed by atoms with Crippen molar-refractivity contribution in [3.8, 4) is 5.75 Å². The van der Waals surface area contributed by atoms with Crippen LogP contribution in [0.15, 0.2) is 72.8 Å². The predicted octanol–water partition coefficient (Wildman–Crippen LogP) is 3.96. The maximum Gasteiger partial charge on any atom is 0.335 e. The van der Waals surface area contributed by atoms with Crippen molar-refractivity contribution >= 4 is 17.4 Å². The highest BCUT2D eigenvalue weighted by molar-refractivity contribution is 6.11. The normalized spacial score (nSPS) is 10.4. The maximum atomic E-state index is 12.6. The number of carbonyl (C=O) groups excluding carboxylic acids is 1. The summed E-state index contributed by atoms with van der Waals surface area (Å²) in [5.74, 6) is -1.52. The summed E-state index contributed by atoms with van der Waals surface area (Å²) in [5.41, 5.74) is 2.52. The number of phenolic OH excluding ortho intramolecular Hbond substituents is 1. The van der Waals surface area contributed by atoms with Gasteiger partial charge in [0.05, 0.1) is 11.1 Å². The van der Waals surface area contributed by atoms with Gasteiger partial charge in [0.1, 0.15) is 5.75 Å². The average molecular weight is 361 g/mol. The molecule has 5 nitrogen and oxygen atoms in total. The van der Waals surface area contributed by atoms with E-state index in [1.54, 1.807) is 18.2 Å². The van der Waals surface area contributed by atoms with Gasteiger partial charge in [0, 0.05) is 30.9 Å². The van der Waals surface area contributed by atoms with Gasteiger partial charge in [-0.2, -0.15) is 0 Å². The predicted molar refractivity (Wildman–Crippen MR) is 103 cm³/mol. The second kappa shape index (κ2) is 7.74. The minimum absolute atomic E-state index is 0.105. The van der Waals surface area contributed by atoms with Crippen molar-refractivity contribution in [3.63, 3.8) is 0 Å². The largest absolute Gasteiger partial charge is 0.507 e. The molecule has 0 radical (unpaired) electrons. The van der Waals surface area contributed by atoms with Crippen LogP contribution in [0.2, 0.25) is 0 Å². The summed E-state index contributed by atoms with van der Waals surface area (Å²) in [7, 11) is 1.91. The van der Waals surface area contributed by atoms with Crippen LogP contribution in [0.3, 0.4) is 0 Å². The van der Waals surface area contributed by atoms with E-state index in [9.17, 15) is 14.7 Å². The molecule has 0 aliphatic rings. The fraction of sp³-hybridized carbons (Fsp3) is 0.0909. The van der Waals surface area contributed by atoms with Gasteiger partial charge in [-0.25, -0.2) is 4.79 Å². The number of nitrogens with zero attached hydrogens (tertiary/aromatic N) is 1. The first-order valence-electron chi connectivity index (χ1n) is 8.42. The van der Waals surface area contributed by atoms with E-state index >= 15 is 0 Å². The SMILES string of the molecule is CN(Cc1ccccc1)c1ccc(C(=O)c2ccc(C(=O)O)cc2)c(O)c1. The molecular weight excluding hydrogens is 342 g/mol. The van der Waals surface area contributed by atoms with Crippen LogP contribution in [-0.2, 0) is 6.54 Å². The number of rotatable bonds is 6. The number of carbonyl (C=O) groups is 2. The fourth-order valence-corrected chi connectivity index (χ4v) is 2.82. The van der Waals surface area contributed by atoms with Crippen LogP contribution in [0, 0.1) is 0 Å². The number of hydrogen-bond acceptors (Lipinski definition) is 4. The summed E-state index contributed by atoms with van der Waals surface area (Å²) >= 11 is 0. The molecule has 0 saturated heterocycles. The molecule has 0 aliphatic carbocycles. The highest BCUT2D eigenvalue weighted by atomic mass is 16.4. The zero-order chi connectivity index (χ0) is 19.4. The van der Waals surface area contributed by atoms with E-state index in [2.05, 4.69) is 0 Å². The monoisotopic (exact) mass is 361 g/mol. The van der Waals surface area contributed by atoms with Crippen molar-refractivity contribution < 1.29 is 19.8 Å². The highest BCUT2D eigenvalue weighted by Gasteiger charge is 2.16. The number of aromatic hydroxyl groups is 1. The van der Waals surface area contributed by atoms with Gasteiger partial charge in [-0.3, -0.25) is 4.79 Å². The molecule has 0 unspecified atom stereocenters. The Kier molecular flexibility index (Phi) is 5.22. The third-order valence-electron chi connectivity index (χ3n) is 4.32. The molecule has 0 atom stereocenters. The Hall–Kier alpha value is -3.60. The second-order valence-corrected chi connectivity index (χ2v) is 6.25. The minimum atomic E-state index is -1.05. The fourth-order valence-electron chi connectivity index (χ4n) is 2.82. The Labute approximate surface area is 157 Å². The molecule has 5 heteroatoms. The van der Waals surface area contributed by atoms with Gasteiger partial charge in [-0.1, -0.05) is 42.5 Å². The summed E-state index contributed by atoms with van der Waals surface area (Å²) in [4.78, 5) is 25.5. The van der Waals surface area contributed by atoms with Crippen molar-refractivity contribution in [2.45, 2.75) is 6.54 Å². The van der Waals surface area contributed by atoms with Crippen LogP contribution in [0.25, 0.3) is 0 Å². The molecule has 0 heterocycles. The molecule has 3 aromatic rings. The molecule has 0 fully saturated rings. The van der Waals surface area contributed by atoms with Gasteiger partial charge >= 0.3 is 5.97 Å². The van der Waals surface area contributed by atoms with E-state index < -0.39 is 5.97 Å². The lowest BCUT2D eigenvalue weighted by Crippen LogP contribution is -2.16. The summed E-state index contributed by atoms with van der Waals surface area (Å²) < 4.78 is 0. The standard InChI is InChI=1S/C22H19NO4/c1-23(14-15-5-3-2-4-6-15)18-11-12-19(20(24)13-18)21(25)16-7-9-17(10-8-16)22(26)27/h2-13,24H,14H2,1H3,(H,26,27). The molecule has 136 valence electrons. The molecule has 2 N–H and O–H groups in total. The molecular formula is C22H19NO4. The van der Waals surface area contributed by atoms with Gasteiger partial charge < -0.3 is 15.1 Å². The van der Waals surface area contributed by atoms with Crippen molar-refractivity contribution in [2.24, 2.45) is 0 Å². The third-order valence-corrected chi connectivity index (χ3v) is 4.32. The van der Waals surface area contributed by atoms with Gasteiger partial charge in [0.25, 0.3) is 0 Å². The van der Waals surface area contributed by atoms with E-state index in [4.69, 9.17) is 5.11 Å². The maximum absolute atomic E-state index is 12.6. The first kappa shape index (κ1) is 18.2. The van der Waals surface area contributed by atoms with Crippen molar-refractivity contribution in [3.05, 3.63) is 95.1 Å². The molecule has 3 aromatic carbocycles. The van der Waals surface area contributed by atoms with E-state index in [1.165, 1.54) is 24.3 Å². The molecule has 0 spiro atoms. The lowest BCUT2D eigenvalue weighted by Gasteiger charge is -2.20. The summed E-state index contributed by atoms with van der Waals surface area (Å²) in [5, 5.41) is 19.3. The third kappa shape index (κ3) is 4.15. The number of carboxylic acid groups (broad SMARTS) is 1. The summed E-state index contributed by atoms with van der Waals surface area (Å²) in [6, 6.07) is 20.5. The van der Waals surface area contributed by atoms with Crippen LogP contribution in [0.1, 0.15) is 31.8 Å². The zero-order valence-corrected chi connectivity index (χ0v) is 14.8. The van der Waals surface area contributed by atoms with Crippen LogP contribution in [0.4, 0.5) is 5.69 Å². The van der Waals surface area contributed by atoms with Crippen molar-refractivity contribution in [2.75, 3.05) is 11.9 Å². The smallest absolute Gasteiger partial charge is 0.335 e. The highest BCUT2D eigenvalue weighted by Crippen LogP contribution is 2.27. The lowest BCUT2D eigenvalue weighted by molar-refractivity contribution is 0.0696. The van der Waals surface area contributed by atoms with E-state index in [1.807, 2.05) is 42.3 Å². The molecule has 0 aliphatic heterocycles. The Bertz CT molecular complexity index is 965. The topological polar surface area (TPSA) is 77.8 Å². The van der Waals surface area contributed by atoms with E-state index in [0.717, 1.165) is 11.3 Å². The first-order valence-corrected chi connectivity index (χ1v) is 8.42. The Morgan fingerprint density at radius 1 is 0.889 bits per heavy atom. The van der Waals surface area contributed by atoms with Crippen LogP contribution < -0.4 is 4.90 Å². The molecule has 0 saturated carbocycles. The van der Waals surface area contributed by atoms with Crippen molar-refractivity contribution in [1.29, 1.82) is 0 Å². The molecule has 3 rings (SSSR count). The van der Waals surface area contributed by atoms with Crippen molar-refractivity contribution in [1.82, 2.24) is 0 Å².